The zero-order chi connectivity index (χ0) is 21.6. The molecule has 2 aromatic rings. The van der Waals surface area contributed by atoms with E-state index in [2.05, 4.69) is 5.32 Å². The summed E-state index contributed by atoms with van der Waals surface area (Å²) in [4.78, 5) is 37.6. The summed E-state index contributed by atoms with van der Waals surface area (Å²) in [7, 11) is 3.92. The standard InChI is InChI=1S/C22H26N2O4S.ClH/c1-14-9-17(22(27)28)12-19(10-14)23-21(26)18(13-29-15(2)25)11-16-5-7-20(8-6-16)24(3)4;/h5-10,12,18H,11,13H2,1-4H3,(H,23,26)(H,27,28);1H. The molecular weight excluding hydrogens is 424 g/mol. The van der Waals surface area contributed by atoms with Crippen molar-refractivity contribution in [1.29, 1.82) is 0 Å². The molecular formula is C22H27ClN2O4S. The molecule has 0 aromatic heterocycles. The maximum atomic E-state index is 12.9. The van der Waals surface area contributed by atoms with E-state index in [0.717, 1.165) is 28.6 Å². The van der Waals surface area contributed by atoms with Crippen molar-refractivity contribution in [2.75, 3.05) is 30.1 Å². The van der Waals surface area contributed by atoms with Gasteiger partial charge in [0.1, 0.15) is 0 Å². The molecule has 0 radical (unpaired) electrons. The number of amides is 1. The minimum Gasteiger partial charge on any atom is -0.478 e. The van der Waals surface area contributed by atoms with Crippen LogP contribution in [0.4, 0.5) is 11.4 Å². The molecule has 162 valence electrons. The van der Waals surface area contributed by atoms with Crippen LogP contribution in [0.1, 0.15) is 28.4 Å². The SMILES string of the molecule is CC(=O)SCC(Cc1ccc(N(C)C)cc1)C(=O)Nc1cc(C)cc(C(=O)O)c1.Cl. The van der Waals surface area contributed by atoms with E-state index >= 15 is 0 Å². The maximum Gasteiger partial charge on any atom is 0.335 e. The molecule has 2 aromatic carbocycles. The summed E-state index contributed by atoms with van der Waals surface area (Å²) in [5, 5.41) is 12.0. The van der Waals surface area contributed by atoms with Gasteiger partial charge < -0.3 is 15.3 Å². The van der Waals surface area contributed by atoms with Gasteiger partial charge >= 0.3 is 5.97 Å². The lowest BCUT2D eigenvalue weighted by atomic mass is 9.99. The smallest absolute Gasteiger partial charge is 0.335 e. The first-order chi connectivity index (χ1) is 13.7. The number of hydrogen-bond donors (Lipinski definition) is 2. The number of nitrogens with zero attached hydrogens (tertiary/aromatic N) is 1. The van der Waals surface area contributed by atoms with Gasteiger partial charge in [-0.25, -0.2) is 4.79 Å². The Kier molecular flexibility index (Phi) is 9.89. The van der Waals surface area contributed by atoms with Gasteiger partial charge in [0.25, 0.3) is 0 Å². The fourth-order valence-electron chi connectivity index (χ4n) is 2.88. The summed E-state index contributed by atoms with van der Waals surface area (Å²) in [6, 6.07) is 12.6. The average molecular weight is 451 g/mol. The number of anilines is 2. The van der Waals surface area contributed by atoms with E-state index in [0.29, 0.717) is 17.9 Å². The van der Waals surface area contributed by atoms with Crippen molar-refractivity contribution < 1.29 is 19.5 Å². The lowest BCUT2D eigenvalue weighted by Crippen LogP contribution is -2.27. The molecule has 2 rings (SSSR count). The predicted octanol–water partition coefficient (Wildman–Crippen LogP) is 4.26. The first kappa shape index (κ1) is 25.5. The van der Waals surface area contributed by atoms with E-state index < -0.39 is 11.9 Å². The molecule has 2 N–H and O–H groups in total. The van der Waals surface area contributed by atoms with Crippen molar-refractivity contribution >= 4 is 52.5 Å². The zero-order valence-electron chi connectivity index (χ0n) is 17.5. The molecule has 0 heterocycles. The number of halogens is 1. The predicted molar refractivity (Wildman–Crippen MR) is 125 cm³/mol. The second-order valence-electron chi connectivity index (χ2n) is 7.15. The van der Waals surface area contributed by atoms with E-state index in [9.17, 15) is 19.5 Å². The molecule has 0 bridgehead atoms. The largest absolute Gasteiger partial charge is 0.478 e. The number of carbonyl (C=O) groups is 3. The molecule has 0 saturated carbocycles. The Morgan fingerprint density at radius 1 is 1.10 bits per heavy atom. The minimum atomic E-state index is -1.05. The second-order valence-corrected chi connectivity index (χ2v) is 8.34. The van der Waals surface area contributed by atoms with Crippen molar-refractivity contribution in [1.82, 2.24) is 0 Å². The van der Waals surface area contributed by atoms with Gasteiger partial charge in [-0.1, -0.05) is 23.9 Å². The van der Waals surface area contributed by atoms with Crippen molar-refractivity contribution in [3.63, 3.8) is 0 Å². The first-order valence-electron chi connectivity index (χ1n) is 9.21. The summed E-state index contributed by atoms with van der Waals surface area (Å²) < 4.78 is 0. The third kappa shape index (κ3) is 7.72. The molecule has 8 heteroatoms. The Morgan fingerprint density at radius 3 is 2.27 bits per heavy atom. The molecule has 1 amide bonds. The van der Waals surface area contributed by atoms with E-state index in [-0.39, 0.29) is 29.0 Å². The summed E-state index contributed by atoms with van der Waals surface area (Å²) in [6.07, 6.45) is 0.484. The quantitative estimate of drug-likeness (QED) is 0.625. The molecule has 1 atom stereocenters. The Balaban J connectivity index is 0.00000450. The van der Waals surface area contributed by atoms with Crippen LogP contribution in [-0.2, 0) is 16.0 Å². The van der Waals surface area contributed by atoms with Crippen LogP contribution in [0.3, 0.4) is 0 Å². The van der Waals surface area contributed by atoms with Gasteiger partial charge in [-0.05, 0) is 54.8 Å². The highest BCUT2D eigenvalue weighted by Gasteiger charge is 2.21. The fourth-order valence-corrected chi connectivity index (χ4v) is 3.59. The number of thioether (sulfide) groups is 1. The number of aromatic carboxylic acids is 1. The van der Waals surface area contributed by atoms with Gasteiger partial charge in [0, 0.05) is 38.1 Å². The molecule has 0 spiro atoms. The number of aryl methyl sites for hydroxylation is 1. The van der Waals surface area contributed by atoms with E-state index in [1.807, 2.05) is 43.3 Å². The topological polar surface area (TPSA) is 86.7 Å². The minimum absolute atomic E-state index is 0. The van der Waals surface area contributed by atoms with Gasteiger partial charge in [0.05, 0.1) is 11.5 Å². The summed E-state index contributed by atoms with van der Waals surface area (Å²) in [6.45, 7) is 3.25. The van der Waals surface area contributed by atoms with Crippen LogP contribution in [0.15, 0.2) is 42.5 Å². The van der Waals surface area contributed by atoms with E-state index in [1.54, 1.807) is 19.1 Å². The Labute approximate surface area is 187 Å². The number of carboxylic acids is 1. The Bertz CT molecular complexity index is 901. The molecule has 30 heavy (non-hydrogen) atoms. The van der Waals surface area contributed by atoms with Crippen LogP contribution in [-0.4, -0.2) is 41.9 Å². The number of rotatable bonds is 8. The average Bonchev–Trinajstić information content (AvgIpc) is 2.64. The van der Waals surface area contributed by atoms with Crippen LogP contribution in [0.25, 0.3) is 0 Å². The Morgan fingerprint density at radius 2 is 1.73 bits per heavy atom. The number of carboxylic acid groups (broad SMARTS) is 1. The monoisotopic (exact) mass is 450 g/mol. The number of benzene rings is 2. The van der Waals surface area contributed by atoms with Crippen LogP contribution >= 0.6 is 24.2 Å². The third-order valence-electron chi connectivity index (χ3n) is 4.39. The van der Waals surface area contributed by atoms with Crippen LogP contribution < -0.4 is 10.2 Å². The molecule has 0 saturated heterocycles. The van der Waals surface area contributed by atoms with Crippen molar-refractivity contribution in [2.24, 2.45) is 5.92 Å². The molecule has 0 aliphatic heterocycles. The molecule has 0 fully saturated rings. The van der Waals surface area contributed by atoms with Crippen LogP contribution in [0.5, 0.6) is 0 Å². The van der Waals surface area contributed by atoms with Gasteiger partial charge in [-0.15, -0.1) is 12.4 Å². The summed E-state index contributed by atoms with van der Waals surface area (Å²) >= 11 is 1.11. The normalized spacial score (nSPS) is 11.2. The van der Waals surface area contributed by atoms with Crippen molar-refractivity contribution in [3.8, 4) is 0 Å². The van der Waals surface area contributed by atoms with E-state index in [1.165, 1.54) is 13.0 Å². The van der Waals surface area contributed by atoms with Gasteiger partial charge in [0.2, 0.25) is 5.91 Å². The number of nitrogens with one attached hydrogen (secondary N) is 1. The van der Waals surface area contributed by atoms with Crippen LogP contribution in [0, 0.1) is 12.8 Å². The number of hydrogen-bond acceptors (Lipinski definition) is 5. The maximum absolute atomic E-state index is 12.9. The lowest BCUT2D eigenvalue weighted by Gasteiger charge is -2.18. The van der Waals surface area contributed by atoms with Gasteiger partial charge in [-0.2, -0.15) is 0 Å². The third-order valence-corrected chi connectivity index (χ3v) is 5.36. The highest BCUT2D eigenvalue weighted by molar-refractivity contribution is 8.13. The van der Waals surface area contributed by atoms with Crippen molar-refractivity contribution in [3.05, 3.63) is 59.2 Å². The summed E-state index contributed by atoms with van der Waals surface area (Å²) in [5.74, 6) is -1.36. The fraction of sp³-hybridized carbons (Fsp3) is 0.318. The van der Waals surface area contributed by atoms with E-state index in [4.69, 9.17) is 0 Å². The molecule has 6 nitrogen and oxygen atoms in total. The Hall–Kier alpha value is -2.51. The van der Waals surface area contributed by atoms with Gasteiger partial charge in [-0.3, -0.25) is 9.59 Å². The van der Waals surface area contributed by atoms with Crippen molar-refractivity contribution in [2.45, 2.75) is 20.3 Å². The lowest BCUT2D eigenvalue weighted by molar-refractivity contribution is -0.119. The second kappa shape index (κ2) is 11.6. The molecule has 1 unspecified atom stereocenters. The van der Waals surface area contributed by atoms with Gasteiger partial charge in [0.15, 0.2) is 5.12 Å². The molecule has 0 aliphatic carbocycles. The number of carbonyl (C=O) groups excluding carboxylic acids is 2. The first-order valence-corrected chi connectivity index (χ1v) is 10.2. The highest BCUT2D eigenvalue weighted by Crippen LogP contribution is 2.21. The van der Waals surface area contributed by atoms with Crippen LogP contribution in [0.2, 0.25) is 0 Å². The zero-order valence-corrected chi connectivity index (χ0v) is 19.1. The highest BCUT2D eigenvalue weighted by atomic mass is 35.5. The summed E-state index contributed by atoms with van der Waals surface area (Å²) in [5.41, 5.74) is 3.36. The molecule has 0 aliphatic rings.